The van der Waals surface area contributed by atoms with Crippen molar-refractivity contribution in [2.45, 2.75) is 0 Å². The van der Waals surface area contributed by atoms with Crippen LogP contribution in [0.5, 0.6) is 5.75 Å². The van der Waals surface area contributed by atoms with Gasteiger partial charge in [-0.25, -0.2) is 4.79 Å². The molecule has 1 rings (SSSR count). The summed E-state index contributed by atoms with van der Waals surface area (Å²) < 4.78 is 0. The Kier molecular flexibility index (Phi) is 2.48. The summed E-state index contributed by atoms with van der Waals surface area (Å²) in [6, 6.07) is 1.58. The number of nitro groups is 1. The third-order valence-corrected chi connectivity index (χ3v) is 1.64. The van der Waals surface area contributed by atoms with Gasteiger partial charge < -0.3 is 10.2 Å². The van der Waals surface area contributed by atoms with Crippen molar-refractivity contribution in [1.29, 1.82) is 5.39 Å². The highest BCUT2D eigenvalue weighted by Gasteiger charge is 2.26. The van der Waals surface area contributed by atoms with E-state index in [0.29, 0.717) is 0 Å². The number of rotatable bonds is 2. The number of hydrogen-bond donors (Lipinski definition) is 1. The molecule has 0 aromatic heterocycles. The number of benzene rings is 1. The smallest absolute Gasteiger partial charge is 0.398 e. The molecule has 0 saturated carbocycles. The van der Waals surface area contributed by atoms with Crippen LogP contribution in [0.25, 0.3) is 4.98 Å². The molecule has 1 aromatic rings. The topological polar surface area (TPSA) is 132 Å². The molecule has 8 heteroatoms. The minimum absolute atomic E-state index is 0.590. The van der Waals surface area contributed by atoms with Crippen LogP contribution in [0.15, 0.2) is 12.1 Å². The molecule has 76 valence electrons. The van der Waals surface area contributed by atoms with Gasteiger partial charge in [0.2, 0.25) is 5.39 Å². The van der Waals surface area contributed by atoms with Gasteiger partial charge in [0.15, 0.2) is 10.5 Å². The number of aromatic carboxylic acids is 1. The van der Waals surface area contributed by atoms with E-state index in [4.69, 9.17) is 10.5 Å². The van der Waals surface area contributed by atoms with Crippen LogP contribution in [0.4, 0.5) is 11.4 Å². The molecule has 0 unspecified atom stereocenters. The zero-order valence-corrected chi connectivity index (χ0v) is 7.08. The minimum Gasteiger partial charge on any atom is -0.862 e. The van der Waals surface area contributed by atoms with E-state index in [2.05, 4.69) is 4.98 Å². The third kappa shape index (κ3) is 1.66. The molecule has 0 fully saturated rings. The Hall–Kier alpha value is -2.69. The largest absolute Gasteiger partial charge is 0.862 e. The fraction of sp³-hybridized carbons (Fsp3) is 0. The normalized spacial score (nSPS) is 9.27. The Morgan fingerprint density at radius 3 is 2.53 bits per heavy atom. The average Bonchev–Trinajstić information content (AvgIpc) is 2.16. The zero-order valence-electron chi connectivity index (χ0n) is 7.08. The summed E-state index contributed by atoms with van der Waals surface area (Å²) >= 11 is 0. The lowest BCUT2D eigenvalue weighted by Gasteiger charge is -2.03. The summed E-state index contributed by atoms with van der Waals surface area (Å²) in [7, 11) is 0. The van der Waals surface area contributed by atoms with Crippen molar-refractivity contribution in [2.24, 2.45) is 0 Å². The van der Waals surface area contributed by atoms with Crippen molar-refractivity contribution in [3.8, 4) is 5.75 Å². The molecule has 0 saturated heterocycles. The van der Waals surface area contributed by atoms with Gasteiger partial charge in [-0.15, -0.1) is 0 Å². The first-order chi connectivity index (χ1) is 6.99. The Bertz CT molecular complexity index is 490. The SMILES string of the molecule is N#[N+]c1c(C(=O)O)ccc([N+](=O)[O-])c1[O-]. The summed E-state index contributed by atoms with van der Waals surface area (Å²) in [6.07, 6.45) is 0. The van der Waals surface area contributed by atoms with Crippen molar-refractivity contribution in [3.63, 3.8) is 0 Å². The molecule has 0 radical (unpaired) electrons. The molecule has 0 aliphatic heterocycles. The third-order valence-electron chi connectivity index (χ3n) is 1.64. The lowest BCUT2D eigenvalue weighted by Crippen LogP contribution is -2.03. The summed E-state index contributed by atoms with van der Waals surface area (Å²) in [5.41, 5.74) is -2.28. The van der Waals surface area contributed by atoms with Crippen molar-refractivity contribution < 1.29 is 19.9 Å². The molecular formula is C7H3N3O5. The van der Waals surface area contributed by atoms with Gasteiger partial charge in [-0.3, -0.25) is 10.1 Å². The molecule has 0 spiro atoms. The fourth-order valence-electron chi connectivity index (χ4n) is 0.976. The number of carboxylic acids is 1. The van der Waals surface area contributed by atoms with Crippen LogP contribution < -0.4 is 5.11 Å². The first-order valence-corrected chi connectivity index (χ1v) is 3.55. The van der Waals surface area contributed by atoms with Crippen LogP contribution >= 0.6 is 0 Å². The van der Waals surface area contributed by atoms with Crippen molar-refractivity contribution in [3.05, 3.63) is 32.8 Å². The van der Waals surface area contributed by atoms with Crippen molar-refractivity contribution in [1.82, 2.24) is 0 Å². The second-order valence-corrected chi connectivity index (χ2v) is 2.47. The summed E-state index contributed by atoms with van der Waals surface area (Å²) in [5, 5.41) is 38.5. The molecule has 1 N–H and O–H groups in total. The van der Waals surface area contributed by atoms with Gasteiger partial charge in [-0.1, -0.05) is 0 Å². The second kappa shape index (κ2) is 3.59. The molecular weight excluding hydrogens is 206 g/mol. The molecule has 15 heavy (non-hydrogen) atoms. The first-order valence-electron chi connectivity index (χ1n) is 3.55. The quantitative estimate of drug-likeness (QED) is 0.436. The molecule has 8 nitrogen and oxygen atoms in total. The van der Waals surface area contributed by atoms with Crippen molar-refractivity contribution >= 4 is 17.3 Å². The minimum atomic E-state index is -1.50. The van der Waals surface area contributed by atoms with E-state index >= 15 is 0 Å². The van der Waals surface area contributed by atoms with Crippen LogP contribution in [0.1, 0.15) is 10.4 Å². The molecule has 0 aliphatic rings. The van der Waals surface area contributed by atoms with E-state index in [1.165, 1.54) is 0 Å². The first kappa shape index (κ1) is 10.4. The number of nitro benzene ring substituents is 1. The second-order valence-electron chi connectivity index (χ2n) is 2.47. The number of carbonyl (C=O) groups is 1. The highest BCUT2D eigenvalue weighted by molar-refractivity contribution is 5.97. The maximum atomic E-state index is 11.2. The Labute approximate surface area is 82.2 Å². The standard InChI is InChI=1S/C7H3N3O5/c8-9-5-3(7(12)13)1-2-4(6(5)11)10(14)15/h1-2H,(H-,11,12,13). The number of diazo groups is 1. The van der Waals surface area contributed by atoms with Crippen LogP contribution in [0, 0.1) is 15.5 Å². The number of carboxylic acid groups (broad SMARTS) is 1. The average molecular weight is 209 g/mol. The van der Waals surface area contributed by atoms with E-state index in [-0.39, 0.29) is 0 Å². The molecule has 0 bridgehead atoms. The van der Waals surface area contributed by atoms with Gasteiger partial charge in [-0.05, 0) is 6.07 Å². The predicted molar refractivity (Wildman–Crippen MR) is 44.2 cm³/mol. The lowest BCUT2D eigenvalue weighted by molar-refractivity contribution is -0.397. The highest BCUT2D eigenvalue weighted by atomic mass is 16.6. The van der Waals surface area contributed by atoms with E-state index in [1.54, 1.807) is 0 Å². The van der Waals surface area contributed by atoms with Gasteiger partial charge in [0.05, 0.1) is 10.7 Å². The highest BCUT2D eigenvalue weighted by Crippen LogP contribution is 2.36. The Morgan fingerprint density at radius 2 is 2.13 bits per heavy atom. The summed E-state index contributed by atoms with van der Waals surface area (Å²) in [6.45, 7) is 0. The van der Waals surface area contributed by atoms with Crippen molar-refractivity contribution in [2.75, 3.05) is 0 Å². The maximum absolute atomic E-state index is 11.2. The van der Waals surface area contributed by atoms with Crippen LogP contribution in [0.3, 0.4) is 0 Å². The number of hydrogen-bond acceptors (Lipinski definition) is 5. The molecule has 0 amide bonds. The van der Waals surface area contributed by atoms with Gasteiger partial charge in [0, 0.05) is 6.07 Å². The predicted octanol–water partition coefficient (Wildman–Crippen LogP) is 0.851. The van der Waals surface area contributed by atoms with Gasteiger partial charge in [0.25, 0.3) is 5.69 Å². The summed E-state index contributed by atoms with van der Waals surface area (Å²) in [5.74, 6) is -2.74. The van der Waals surface area contributed by atoms with Crippen LogP contribution in [0.2, 0.25) is 0 Å². The molecule has 1 aromatic carbocycles. The fourth-order valence-corrected chi connectivity index (χ4v) is 0.976. The van der Waals surface area contributed by atoms with E-state index in [9.17, 15) is 20.0 Å². The maximum Gasteiger partial charge on any atom is 0.398 e. The van der Waals surface area contributed by atoms with E-state index in [1.807, 2.05) is 0 Å². The molecule has 0 aliphatic carbocycles. The lowest BCUT2D eigenvalue weighted by atomic mass is 10.1. The van der Waals surface area contributed by atoms with Crippen LogP contribution in [-0.2, 0) is 0 Å². The van der Waals surface area contributed by atoms with E-state index in [0.717, 1.165) is 12.1 Å². The van der Waals surface area contributed by atoms with Crippen LogP contribution in [-0.4, -0.2) is 16.0 Å². The Morgan fingerprint density at radius 1 is 1.53 bits per heavy atom. The Balaban J connectivity index is 3.55. The summed E-state index contributed by atoms with van der Waals surface area (Å²) in [4.78, 5) is 22.3. The molecule has 0 atom stereocenters. The van der Waals surface area contributed by atoms with Gasteiger partial charge >= 0.3 is 11.7 Å². The van der Waals surface area contributed by atoms with Gasteiger partial charge in [-0.2, -0.15) is 0 Å². The zero-order chi connectivity index (χ0) is 11.6. The van der Waals surface area contributed by atoms with Gasteiger partial charge in [0.1, 0.15) is 0 Å². The molecule has 0 heterocycles. The number of nitrogens with zero attached hydrogens (tertiary/aromatic N) is 3. The van der Waals surface area contributed by atoms with E-state index < -0.39 is 33.6 Å². The monoisotopic (exact) mass is 209 g/mol.